The average Bonchev–Trinajstić information content (AvgIpc) is 2.89. The van der Waals surface area contributed by atoms with Crippen LogP contribution < -0.4 is 0 Å². The monoisotopic (exact) mass is 488 g/mol. The summed E-state index contributed by atoms with van der Waals surface area (Å²) in [4.78, 5) is 0. The highest BCUT2D eigenvalue weighted by Crippen LogP contribution is 2.20. The fourth-order valence-electron chi connectivity index (χ4n) is 3.64. The van der Waals surface area contributed by atoms with Crippen LogP contribution in [-0.4, -0.2) is 31.2 Å². The normalized spacial score (nSPS) is 16.7. The molecule has 4 heteroatoms. The summed E-state index contributed by atoms with van der Waals surface area (Å²) in [6.45, 7) is 11.7. The molecule has 4 nitrogen and oxygen atoms in total. The number of benzene rings is 2. The fraction of sp³-hybridized carbons (Fsp3) is 0.613. The molecule has 0 amide bonds. The average molecular weight is 489 g/mol. The van der Waals surface area contributed by atoms with E-state index in [1.54, 1.807) is 0 Å². The highest BCUT2D eigenvalue weighted by atomic mass is 16.7. The highest BCUT2D eigenvalue weighted by Gasteiger charge is 2.13. The van der Waals surface area contributed by atoms with Gasteiger partial charge in [-0.1, -0.05) is 91.1 Å². The van der Waals surface area contributed by atoms with Crippen molar-refractivity contribution in [1.29, 1.82) is 0 Å². The van der Waals surface area contributed by atoms with E-state index in [2.05, 4.69) is 64.1 Å². The van der Waals surface area contributed by atoms with Gasteiger partial charge in [-0.3, -0.25) is 0 Å². The first-order valence-corrected chi connectivity index (χ1v) is 12.7. The Bertz CT molecular complexity index is 736. The Balaban J connectivity index is 0.000000712. The maximum absolute atomic E-state index is 8.82. The van der Waals surface area contributed by atoms with Crippen LogP contribution >= 0.6 is 0 Å². The van der Waals surface area contributed by atoms with Crippen molar-refractivity contribution >= 4 is 0 Å². The second-order valence-corrected chi connectivity index (χ2v) is 8.98. The first-order chi connectivity index (χ1) is 16.1. The number of ether oxygens (including phenoxy) is 3. The van der Waals surface area contributed by atoms with Gasteiger partial charge in [0.25, 0.3) is 0 Å². The first kappa shape index (κ1) is 33.3. The van der Waals surface area contributed by atoms with Crippen molar-refractivity contribution in [2.75, 3.05) is 19.8 Å². The third-order valence-electron chi connectivity index (χ3n) is 6.44. The predicted molar refractivity (Wildman–Crippen MR) is 149 cm³/mol. The second kappa shape index (κ2) is 19.5. The molecule has 0 aromatic heterocycles. The zero-order valence-electron chi connectivity index (χ0n) is 21.1. The molecule has 0 radical (unpaired) electrons. The van der Waals surface area contributed by atoms with E-state index in [0.717, 1.165) is 25.0 Å². The van der Waals surface area contributed by atoms with Gasteiger partial charge in [-0.25, -0.2) is 0 Å². The van der Waals surface area contributed by atoms with Crippen molar-refractivity contribution in [3.63, 3.8) is 0 Å². The predicted octanol–water partition coefficient (Wildman–Crippen LogP) is 8.22. The molecular weight excluding hydrogens is 436 g/mol. The lowest BCUT2D eigenvalue weighted by molar-refractivity contribution is -0.169. The number of hydrogen-bond donors (Lipinski definition) is 1. The topological polar surface area (TPSA) is 47.9 Å². The van der Waals surface area contributed by atoms with Crippen molar-refractivity contribution in [2.45, 2.75) is 106 Å². The SMILES string of the molecule is C.C.CCC(C)c1ccc(CO)cc1.CCC(C)c1ccc(COCCOC2CCCCO2)cc1. The van der Waals surface area contributed by atoms with E-state index in [1.165, 1.54) is 36.0 Å². The second-order valence-electron chi connectivity index (χ2n) is 8.98. The Hall–Kier alpha value is -1.72. The highest BCUT2D eigenvalue weighted by molar-refractivity contribution is 5.25. The van der Waals surface area contributed by atoms with Crippen LogP contribution in [0, 0.1) is 0 Å². The number of hydrogen-bond acceptors (Lipinski definition) is 4. The summed E-state index contributed by atoms with van der Waals surface area (Å²) >= 11 is 0. The molecule has 1 fully saturated rings. The largest absolute Gasteiger partial charge is 0.392 e. The molecule has 3 atom stereocenters. The van der Waals surface area contributed by atoms with Crippen LogP contribution in [-0.2, 0) is 27.4 Å². The Morgan fingerprint density at radius 2 is 1.37 bits per heavy atom. The summed E-state index contributed by atoms with van der Waals surface area (Å²) in [6, 6.07) is 16.9. The van der Waals surface area contributed by atoms with Gasteiger partial charge in [0.05, 0.1) is 26.4 Å². The van der Waals surface area contributed by atoms with Gasteiger partial charge < -0.3 is 19.3 Å². The van der Waals surface area contributed by atoms with Gasteiger partial charge in [0.2, 0.25) is 0 Å². The molecule has 0 aliphatic carbocycles. The van der Waals surface area contributed by atoms with Crippen LogP contribution in [0.25, 0.3) is 0 Å². The Morgan fingerprint density at radius 3 is 1.83 bits per heavy atom. The molecule has 1 aliphatic rings. The van der Waals surface area contributed by atoms with E-state index in [9.17, 15) is 0 Å². The molecule has 0 bridgehead atoms. The Morgan fingerprint density at radius 1 is 0.829 bits per heavy atom. The first-order valence-electron chi connectivity index (χ1n) is 12.7. The minimum Gasteiger partial charge on any atom is -0.392 e. The number of aliphatic hydroxyl groups excluding tert-OH is 1. The van der Waals surface area contributed by atoms with Gasteiger partial charge in [0.1, 0.15) is 0 Å². The van der Waals surface area contributed by atoms with E-state index in [1.807, 2.05) is 12.1 Å². The van der Waals surface area contributed by atoms with Crippen LogP contribution in [0.3, 0.4) is 0 Å². The summed E-state index contributed by atoms with van der Waals surface area (Å²) in [7, 11) is 0. The van der Waals surface area contributed by atoms with Crippen molar-refractivity contribution in [1.82, 2.24) is 0 Å². The summed E-state index contributed by atoms with van der Waals surface area (Å²) in [5, 5.41) is 8.82. The smallest absolute Gasteiger partial charge is 0.157 e. The zero-order valence-corrected chi connectivity index (χ0v) is 21.1. The van der Waals surface area contributed by atoms with Crippen LogP contribution in [0.1, 0.15) is 109 Å². The van der Waals surface area contributed by atoms with Crippen molar-refractivity contribution < 1.29 is 19.3 Å². The minimum absolute atomic E-state index is 0. The summed E-state index contributed by atoms with van der Waals surface area (Å²) in [5.41, 5.74) is 4.96. The molecule has 0 saturated carbocycles. The molecule has 1 N–H and O–H groups in total. The van der Waals surface area contributed by atoms with Gasteiger partial charge in [-0.2, -0.15) is 0 Å². The summed E-state index contributed by atoms with van der Waals surface area (Å²) in [5.74, 6) is 1.25. The minimum atomic E-state index is -0.0165. The molecule has 3 unspecified atom stereocenters. The molecule has 0 spiro atoms. The maximum Gasteiger partial charge on any atom is 0.157 e. The van der Waals surface area contributed by atoms with Crippen LogP contribution in [0.15, 0.2) is 48.5 Å². The molecular formula is C31H52O4. The van der Waals surface area contributed by atoms with E-state index in [4.69, 9.17) is 19.3 Å². The quantitative estimate of drug-likeness (QED) is 0.324. The lowest BCUT2D eigenvalue weighted by Crippen LogP contribution is -2.23. The molecule has 1 heterocycles. The van der Waals surface area contributed by atoms with E-state index in [0.29, 0.717) is 31.7 Å². The van der Waals surface area contributed by atoms with Crippen LogP contribution in [0.5, 0.6) is 0 Å². The molecule has 2 aromatic rings. The van der Waals surface area contributed by atoms with E-state index >= 15 is 0 Å². The molecule has 2 aromatic carbocycles. The van der Waals surface area contributed by atoms with Gasteiger partial charge in [-0.15, -0.1) is 0 Å². The Labute approximate surface area is 216 Å². The van der Waals surface area contributed by atoms with Gasteiger partial charge in [0.15, 0.2) is 6.29 Å². The van der Waals surface area contributed by atoms with Crippen molar-refractivity contribution in [3.05, 3.63) is 70.8 Å². The summed E-state index contributed by atoms with van der Waals surface area (Å²) in [6.07, 6.45) is 5.69. The molecule has 200 valence electrons. The van der Waals surface area contributed by atoms with Gasteiger partial charge in [0, 0.05) is 6.61 Å². The standard InChI is InChI=1S/C18H28O3.C11H16O.2CH4/c1-3-15(2)17-9-7-16(8-10-17)14-19-12-13-21-18-6-4-5-11-20-18;1-3-9(2)11-6-4-10(8-12)5-7-11;;/h7-10,15,18H,3-6,11-14H2,1-2H3;4-7,9,12H,3,8H2,1-2H3;2*1H4. The summed E-state index contributed by atoms with van der Waals surface area (Å²) < 4.78 is 16.8. The fourth-order valence-corrected chi connectivity index (χ4v) is 3.64. The third kappa shape index (κ3) is 12.7. The lowest BCUT2D eigenvalue weighted by atomic mass is 9.98. The van der Waals surface area contributed by atoms with E-state index in [-0.39, 0.29) is 27.8 Å². The van der Waals surface area contributed by atoms with Crippen molar-refractivity contribution in [3.8, 4) is 0 Å². The third-order valence-corrected chi connectivity index (χ3v) is 6.44. The molecule has 1 saturated heterocycles. The lowest BCUT2D eigenvalue weighted by Gasteiger charge is -2.22. The van der Waals surface area contributed by atoms with E-state index < -0.39 is 0 Å². The molecule has 35 heavy (non-hydrogen) atoms. The van der Waals surface area contributed by atoms with Gasteiger partial charge in [-0.05, 0) is 66.2 Å². The molecule has 3 rings (SSSR count). The zero-order chi connectivity index (χ0) is 23.9. The van der Waals surface area contributed by atoms with Crippen LogP contribution in [0.2, 0.25) is 0 Å². The number of aliphatic hydroxyl groups is 1. The Kier molecular flexibility index (Phi) is 18.5. The molecule has 1 aliphatic heterocycles. The maximum atomic E-state index is 8.82. The van der Waals surface area contributed by atoms with Gasteiger partial charge >= 0.3 is 0 Å². The van der Waals surface area contributed by atoms with Crippen LogP contribution in [0.4, 0.5) is 0 Å². The van der Waals surface area contributed by atoms with Crippen molar-refractivity contribution in [2.24, 2.45) is 0 Å². The number of rotatable bonds is 11.